The van der Waals surface area contributed by atoms with E-state index in [2.05, 4.69) is 17.2 Å². The van der Waals surface area contributed by atoms with Crippen LogP contribution in [0.15, 0.2) is 12.2 Å². The number of nitrogens with one attached hydrogen (secondary N) is 2. The maximum atomic E-state index is 11.6. The molecule has 0 aliphatic carbocycles. The minimum Gasteiger partial charge on any atom is -0.492 e. The zero-order valence-electron chi connectivity index (χ0n) is 10.2. The van der Waals surface area contributed by atoms with Gasteiger partial charge in [0.15, 0.2) is 5.75 Å². The van der Waals surface area contributed by atoms with E-state index in [4.69, 9.17) is 10.5 Å². The van der Waals surface area contributed by atoms with Crippen LogP contribution in [0.5, 0.6) is 5.75 Å². The van der Waals surface area contributed by atoms with Gasteiger partial charge in [-0.15, -0.1) is 11.3 Å². The molecule has 1 amide bonds. The largest absolute Gasteiger partial charge is 0.492 e. The molecule has 4 N–H and O–H groups in total. The van der Waals surface area contributed by atoms with Crippen LogP contribution < -0.4 is 21.1 Å². The molecule has 0 fully saturated rings. The van der Waals surface area contributed by atoms with E-state index in [9.17, 15) is 4.79 Å². The van der Waals surface area contributed by atoms with Crippen LogP contribution >= 0.6 is 11.3 Å². The van der Waals surface area contributed by atoms with Gasteiger partial charge in [0.05, 0.1) is 7.11 Å². The van der Waals surface area contributed by atoms with Crippen LogP contribution in [0, 0.1) is 0 Å². The number of amides is 1. The molecule has 6 heteroatoms. The van der Waals surface area contributed by atoms with Crippen molar-refractivity contribution in [1.82, 2.24) is 5.32 Å². The number of thiophene rings is 1. The van der Waals surface area contributed by atoms with Gasteiger partial charge in [0.1, 0.15) is 15.6 Å². The minimum atomic E-state index is -0.214. The van der Waals surface area contributed by atoms with Crippen LogP contribution in [-0.4, -0.2) is 26.6 Å². The molecule has 1 aromatic rings. The van der Waals surface area contributed by atoms with Gasteiger partial charge in [-0.05, 0) is 6.92 Å². The fourth-order valence-corrected chi connectivity index (χ4v) is 2.29. The summed E-state index contributed by atoms with van der Waals surface area (Å²) in [7, 11) is 3.09. The summed E-state index contributed by atoms with van der Waals surface area (Å²) in [4.78, 5) is 12.0. The van der Waals surface area contributed by atoms with Gasteiger partial charge in [-0.3, -0.25) is 4.79 Å². The van der Waals surface area contributed by atoms with Gasteiger partial charge in [0.2, 0.25) is 0 Å². The van der Waals surface area contributed by atoms with Crippen molar-refractivity contribution in [3.63, 3.8) is 0 Å². The Kier molecular flexibility index (Phi) is 4.39. The van der Waals surface area contributed by atoms with Crippen LogP contribution in [0.2, 0.25) is 0 Å². The van der Waals surface area contributed by atoms with Crippen molar-refractivity contribution in [2.24, 2.45) is 0 Å². The second-order valence-electron chi connectivity index (χ2n) is 3.60. The Morgan fingerprint density at radius 1 is 1.59 bits per heavy atom. The molecule has 0 bridgehead atoms. The first-order valence-electron chi connectivity index (χ1n) is 5.07. The fourth-order valence-electron chi connectivity index (χ4n) is 1.26. The second-order valence-corrected chi connectivity index (χ2v) is 4.62. The lowest BCUT2D eigenvalue weighted by molar-refractivity contribution is 0.0967. The molecule has 0 radical (unpaired) electrons. The zero-order valence-corrected chi connectivity index (χ0v) is 11.0. The molecule has 1 rings (SSSR count). The first kappa shape index (κ1) is 13.4. The molecule has 0 aliphatic rings. The van der Waals surface area contributed by atoms with E-state index in [0.29, 0.717) is 22.9 Å². The number of nitrogens with two attached hydrogens (primary N) is 1. The highest BCUT2D eigenvalue weighted by Gasteiger charge is 2.20. The summed E-state index contributed by atoms with van der Waals surface area (Å²) < 4.78 is 5.20. The maximum absolute atomic E-state index is 11.6. The number of anilines is 2. The summed E-state index contributed by atoms with van der Waals surface area (Å²) in [6.07, 6.45) is 0. The van der Waals surface area contributed by atoms with Crippen molar-refractivity contribution in [3.05, 3.63) is 17.0 Å². The molecule has 0 saturated heterocycles. The highest BCUT2D eigenvalue weighted by Crippen LogP contribution is 2.42. The van der Waals surface area contributed by atoms with E-state index >= 15 is 0 Å². The Hall–Kier alpha value is -1.69. The first-order valence-corrected chi connectivity index (χ1v) is 5.89. The first-order chi connectivity index (χ1) is 8.01. The van der Waals surface area contributed by atoms with E-state index < -0.39 is 0 Å². The normalized spacial score (nSPS) is 9.82. The Labute approximate surface area is 105 Å². The number of carbonyl (C=O) groups excluding carboxylic acids is 1. The highest BCUT2D eigenvalue weighted by molar-refractivity contribution is 7.19. The monoisotopic (exact) mass is 255 g/mol. The summed E-state index contributed by atoms with van der Waals surface area (Å²) in [5.41, 5.74) is 7.21. The smallest absolute Gasteiger partial charge is 0.263 e. The van der Waals surface area contributed by atoms with E-state index in [1.165, 1.54) is 18.4 Å². The minimum absolute atomic E-state index is 0.214. The molecule has 1 aromatic heterocycles. The van der Waals surface area contributed by atoms with Crippen molar-refractivity contribution >= 4 is 27.9 Å². The summed E-state index contributed by atoms with van der Waals surface area (Å²) in [5, 5.41) is 6.42. The van der Waals surface area contributed by atoms with Gasteiger partial charge in [-0.25, -0.2) is 0 Å². The Bertz CT molecular complexity index is 440. The molecule has 5 nitrogen and oxygen atoms in total. The van der Waals surface area contributed by atoms with Gasteiger partial charge in [0, 0.05) is 13.6 Å². The molecule has 0 atom stereocenters. The topological polar surface area (TPSA) is 76.4 Å². The summed E-state index contributed by atoms with van der Waals surface area (Å²) >= 11 is 1.27. The molecule has 0 aromatic carbocycles. The standard InChI is InChI=1S/C11H17N3O2S/c1-6(2)5-14-11-8(16-4)7(12)9(17-11)10(15)13-3/h14H,1,5,12H2,2-4H3,(H,13,15). The quantitative estimate of drug-likeness (QED) is 0.700. The molecule has 94 valence electrons. The van der Waals surface area contributed by atoms with Gasteiger partial charge in [-0.2, -0.15) is 0 Å². The lowest BCUT2D eigenvalue weighted by atomic mass is 10.3. The van der Waals surface area contributed by atoms with E-state index in [1.54, 1.807) is 7.05 Å². The second kappa shape index (κ2) is 5.58. The highest BCUT2D eigenvalue weighted by atomic mass is 32.1. The van der Waals surface area contributed by atoms with Gasteiger partial charge < -0.3 is 21.1 Å². The predicted molar refractivity (Wildman–Crippen MR) is 72.0 cm³/mol. The zero-order chi connectivity index (χ0) is 13.0. The fraction of sp³-hybridized carbons (Fsp3) is 0.364. The number of ether oxygens (including phenoxy) is 1. The molecule has 17 heavy (non-hydrogen) atoms. The molecule has 0 spiro atoms. The van der Waals surface area contributed by atoms with Crippen molar-refractivity contribution in [3.8, 4) is 5.75 Å². The molecule has 0 unspecified atom stereocenters. The lowest BCUT2D eigenvalue weighted by Gasteiger charge is -2.06. The summed E-state index contributed by atoms with van der Waals surface area (Å²) in [6.45, 7) is 6.32. The van der Waals surface area contributed by atoms with Crippen molar-refractivity contribution in [2.45, 2.75) is 6.92 Å². The number of hydrogen-bond donors (Lipinski definition) is 3. The maximum Gasteiger partial charge on any atom is 0.263 e. The van der Waals surface area contributed by atoms with Crippen LogP contribution in [0.1, 0.15) is 16.6 Å². The van der Waals surface area contributed by atoms with Crippen LogP contribution in [0.4, 0.5) is 10.7 Å². The average molecular weight is 255 g/mol. The van der Waals surface area contributed by atoms with Crippen LogP contribution in [0.25, 0.3) is 0 Å². The third-order valence-electron chi connectivity index (χ3n) is 2.09. The summed E-state index contributed by atoms with van der Waals surface area (Å²) in [6, 6.07) is 0. The number of carbonyl (C=O) groups is 1. The third-order valence-corrected chi connectivity index (χ3v) is 3.23. The van der Waals surface area contributed by atoms with Crippen LogP contribution in [-0.2, 0) is 0 Å². The molecular weight excluding hydrogens is 238 g/mol. The van der Waals surface area contributed by atoms with Gasteiger partial charge >= 0.3 is 0 Å². The molecular formula is C11H17N3O2S. The Morgan fingerprint density at radius 3 is 2.71 bits per heavy atom. The number of hydrogen-bond acceptors (Lipinski definition) is 5. The van der Waals surface area contributed by atoms with Crippen molar-refractivity contribution < 1.29 is 9.53 Å². The number of nitrogen functional groups attached to an aromatic ring is 1. The van der Waals surface area contributed by atoms with Gasteiger partial charge in [-0.1, -0.05) is 12.2 Å². The Morgan fingerprint density at radius 2 is 2.24 bits per heavy atom. The molecule has 1 heterocycles. The molecule has 0 aliphatic heterocycles. The van der Waals surface area contributed by atoms with E-state index in [0.717, 1.165) is 10.6 Å². The summed E-state index contributed by atoms with van der Waals surface area (Å²) in [5.74, 6) is 0.295. The number of methoxy groups -OCH3 is 1. The molecule has 0 saturated carbocycles. The van der Waals surface area contributed by atoms with Crippen molar-refractivity contribution in [1.29, 1.82) is 0 Å². The van der Waals surface area contributed by atoms with Crippen molar-refractivity contribution in [2.75, 3.05) is 31.8 Å². The lowest BCUT2D eigenvalue weighted by Crippen LogP contribution is -2.17. The van der Waals surface area contributed by atoms with Gasteiger partial charge in [0.25, 0.3) is 5.91 Å². The predicted octanol–water partition coefficient (Wildman–Crippen LogP) is 1.69. The third kappa shape index (κ3) is 2.91. The van der Waals surface area contributed by atoms with E-state index in [-0.39, 0.29) is 5.91 Å². The van der Waals surface area contributed by atoms with E-state index in [1.807, 2.05) is 6.92 Å². The number of rotatable bonds is 5. The Balaban J connectivity index is 3.04. The SMILES string of the molecule is C=C(C)CNc1sc(C(=O)NC)c(N)c1OC. The van der Waals surface area contributed by atoms with Crippen LogP contribution in [0.3, 0.4) is 0 Å². The average Bonchev–Trinajstić information content (AvgIpc) is 2.62.